The molecule has 1 saturated carbocycles. The zero-order valence-corrected chi connectivity index (χ0v) is 5.90. The van der Waals surface area contributed by atoms with Crippen LogP contribution >= 0.6 is 0 Å². The van der Waals surface area contributed by atoms with Crippen LogP contribution in [-0.2, 0) is 4.74 Å². The molecule has 1 heteroatoms. The molecule has 1 rings (SSSR count). The predicted molar refractivity (Wildman–Crippen MR) is 33.8 cm³/mol. The van der Waals surface area contributed by atoms with E-state index in [4.69, 9.17) is 4.74 Å². The van der Waals surface area contributed by atoms with Crippen molar-refractivity contribution in [2.45, 2.75) is 32.3 Å². The van der Waals surface area contributed by atoms with E-state index in [0.717, 1.165) is 5.92 Å². The molecule has 0 radical (unpaired) electrons. The van der Waals surface area contributed by atoms with Crippen molar-refractivity contribution in [2.24, 2.45) is 5.92 Å². The number of rotatable bonds is 1. The van der Waals surface area contributed by atoms with Crippen molar-refractivity contribution in [3.63, 3.8) is 0 Å². The molecule has 0 N–H and O–H groups in total. The first-order chi connectivity index (χ1) is 3.69. The number of hydrogen-bond donors (Lipinski definition) is 0. The molecule has 0 aliphatic heterocycles. The van der Waals surface area contributed by atoms with Crippen LogP contribution in [0.15, 0.2) is 0 Å². The summed E-state index contributed by atoms with van der Waals surface area (Å²) < 4.78 is 5.29. The summed E-state index contributed by atoms with van der Waals surface area (Å²) >= 11 is 0. The number of ether oxygens (including phenoxy) is 1. The second kappa shape index (κ2) is 1.73. The molecular formula is C7H14O. The van der Waals surface area contributed by atoms with Gasteiger partial charge in [-0.15, -0.1) is 0 Å². The van der Waals surface area contributed by atoms with Crippen LogP contribution in [0.5, 0.6) is 0 Å². The van der Waals surface area contributed by atoms with Crippen molar-refractivity contribution >= 4 is 0 Å². The van der Waals surface area contributed by atoms with Gasteiger partial charge in [-0.3, -0.25) is 0 Å². The van der Waals surface area contributed by atoms with Gasteiger partial charge >= 0.3 is 0 Å². The van der Waals surface area contributed by atoms with Crippen LogP contribution < -0.4 is 0 Å². The SMILES string of the molecule is COC1(C)CCC1C. The minimum Gasteiger partial charge on any atom is -0.378 e. The summed E-state index contributed by atoms with van der Waals surface area (Å²) in [6.45, 7) is 4.42. The van der Waals surface area contributed by atoms with Crippen molar-refractivity contribution in [3.8, 4) is 0 Å². The maximum Gasteiger partial charge on any atom is 0.0676 e. The summed E-state index contributed by atoms with van der Waals surface area (Å²) in [5, 5.41) is 0. The van der Waals surface area contributed by atoms with Gasteiger partial charge in [-0.25, -0.2) is 0 Å². The van der Waals surface area contributed by atoms with Crippen molar-refractivity contribution < 1.29 is 4.74 Å². The first-order valence-electron chi connectivity index (χ1n) is 3.24. The molecule has 1 aliphatic carbocycles. The van der Waals surface area contributed by atoms with E-state index in [2.05, 4.69) is 13.8 Å². The van der Waals surface area contributed by atoms with E-state index in [9.17, 15) is 0 Å². The quantitative estimate of drug-likeness (QED) is 0.505. The Hall–Kier alpha value is -0.0400. The maximum absolute atomic E-state index is 5.29. The topological polar surface area (TPSA) is 9.23 Å². The van der Waals surface area contributed by atoms with Gasteiger partial charge in [0, 0.05) is 7.11 Å². The molecule has 0 saturated heterocycles. The van der Waals surface area contributed by atoms with Crippen LogP contribution in [0.4, 0.5) is 0 Å². The Bertz CT molecular complexity index is 86.4. The Morgan fingerprint density at radius 3 is 2.25 bits per heavy atom. The summed E-state index contributed by atoms with van der Waals surface area (Å²) in [7, 11) is 1.80. The molecule has 0 heterocycles. The van der Waals surface area contributed by atoms with Gasteiger partial charge in [-0.05, 0) is 25.7 Å². The van der Waals surface area contributed by atoms with E-state index >= 15 is 0 Å². The molecule has 0 aromatic heterocycles. The van der Waals surface area contributed by atoms with Gasteiger partial charge < -0.3 is 4.74 Å². The lowest BCUT2D eigenvalue weighted by Gasteiger charge is -2.43. The highest BCUT2D eigenvalue weighted by molar-refractivity contribution is 4.90. The summed E-state index contributed by atoms with van der Waals surface area (Å²) in [4.78, 5) is 0. The third-order valence-corrected chi connectivity index (χ3v) is 2.58. The molecule has 0 aromatic rings. The second-order valence-electron chi connectivity index (χ2n) is 2.96. The van der Waals surface area contributed by atoms with Crippen LogP contribution in [-0.4, -0.2) is 12.7 Å². The van der Waals surface area contributed by atoms with Crippen LogP contribution in [0.25, 0.3) is 0 Å². The van der Waals surface area contributed by atoms with Gasteiger partial charge in [0.1, 0.15) is 0 Å². The number of methoxy groups -OCH3 is 1. The van der Waals surface area contributed by atoms with E-state index in [1.807, 2.05) is 0 Å². The van der Waals surface area contributed by atoms with Crippen LogP contribution in [0, 0.1) is 5.92 Å². The molecule has 1 fully saturated rings. The molecule has 2 atom stereocenters. The zero-order chi connectivity index (χ0) is 6.20. The number of hydrogen-bond acceptors (Lipinski definition) is 1. The molecule has 48 valence electrons. The fourth-order valence-corrected chi connectivity index (χ4v) is 1.14. The fraction of sp³-hybridized carbons (Fsp3) is 1.00. The zero-order valence-electron chi connectivity index (χ0n) is 5.90. The van der Waals surface area contributed by atoms with E-state index in [0.29, 0.717) is 0 Å². The Balaban J connectivity index is 2.42. The Kier molecular flexibility index (Phi) is 1.31. The molecule has 0 aromatic carbocycles. The standard InChI is InChI=1S/C7H14O/c1-6-4-5-7(6,2)8-3/h6H,4-5H2,1-3H3. The highest BCUT2D eigenvalue weighted by Gasteiger charge is 2.39. The van der Waals surface area contributed by atoms with E-state index < -0.39 is 0 Å². The largest absolute Gasteiger partial charge is 0.378 e. The fourth-order valence-electron chi connectivity index (χ4n) is 1.14. The third kappa shape index (κ3) is 0.655. The maximum atomic E-state index is 5.29. The molecular weight excluding hydrogens is 100 g/mol. The monoisotopic (exact) mass is 114 g/mol. The summed E-state index contributed by atoms with van der Waals surface area (Å²) in [6, 6.07) is 0. The highest BCUT2D eigenvalue weighted by atomic mass is 16.5. The molecule has 0 spiro atoms. The minimum absolute atomic E-state index is 0.222. The van der Waals surface area contributed by atoms with Crippen molar-refractivity contribution in [1.82, 2.24) is 0 Å². The van der Waals surface area contributed by atoms with E-state index in [1.165, 1.54) is 12.8 Å². The average Bonchev–Trinajstić information content (AvgIpc) is 1.83. The minimum atomic E-state index is 0.222. The molecule has 2 unspecified atom stereocenters. The first-order valence-corrected chi connectivity index (χ1v) is 3.24. The third-order valence-electron chi connectivity index (χ3n) is 2.58. The summed E-state index contributed by atoms with van der Waals surface area (Å²) in [6.07, 6.45) is 2.58. The van der Waals surface area contributed by atoms with E-state index in [-0.39, 0.29) is 5.60 Å². The lowest BCUT2D eigenvalue weighted by Crippen LogP contribution is -2.44. The Labute approximate surface area is 51.0 Å². The highest BCUT2D eigenvalue weighted by Crippen LogP contribution is 2.40. The molecule has 8 heavy (non-hydrogen) atoms. The van der Waals surface area contributed by atoms with Crippen LogP contribution in [0.3, 0.4) is 0 Å². The lowest BCUT2D eigenvalue weighted by atomic mass is 9.72. The molecule has 0 amide bonds. The van der Waals surface area contributed by atoms with Gasteiger partial charge in [0.2, 0.25) is 0 Å². The first kappa shape index (κ1) is 6.09. The van der Waals surface area contributed by atoms with Crippen LogP contribution in [0.1, 0.15) is 26.7 Å². The van der Waals surface area contributed by atoms with Crippen molar-refractivity contribution in [3.05, 3.63) is 0 Å². The molecule has 1 nitrogen and oxygen atoms in total. The predicted octanol–water partition coefficient (Wildman–Crippen LogP) is 1.82. The van der Waals surface area contributed by atoms with Gasteiger partial charge in [0.05, 0.1) is 5.60 Å². The Morgan fingerprint density at radius 2 is 2.25 bits per heavy atom. The van der Waals surface area contributed by atoms with Gasteiger partial charge in [-0.1, -0.05) is 6.92 Å². The smallest absolute Gasteiger partial charge is 0.0676 e. The normalized spacial score (nSPS) is 46.1. The van der Waals surface area contributed by atoms with Crippen molar-refractivity contribution in [2.75, 3.05) is 7.11 Å². The van der Waals surface area contributed by atoms with E-state index in [1.54, 1.807) is 7.11 Å². The van der Waals surface area contributed by atoms with Gasteiger partial charge in [0.15, 0.2) is 0 Å². The van der Waals surface area contributed by atoms with Crippen LogP contribution in [0.2, 0.25) is 0 Å². The lowest BCUT2D eigenvalue weighted by molar-refractivity contribution is -0.102. The van der Waals surface area contributed by atoms with Gasteiger partial charge in [-0.2, -0.15) is 0 Å². The summed E-state index contributed by atoms with van der Waals surface area (Å²) in [5.74, 6) is 0.771. The molecule has 1 aliphatic rings. The molecule has 0 bridgehead atoms. The Morgan fingerprint density at radius 1 is 1.62 bits per heavy atom. The summed E-state index contributed by atoms with van der Waals surface area (Å²) in [5.41, 5.74) is 0.222. The second-order valence-corrected chi connectivity index (χ2v) is 2.96. The van der Waals surface area contributed by atoms with Crippen molar-refractivity contribution in [1.29, 1.82) is 0 Å². The average molecular weight is 114 g/mol. The van der Waals surface area contributed by atoms with Gasteiger partial charge in [0.25, 0.3) is 0 Å².